The minimum Gasteiger partial charge on any atom is -0.453 e. The van der Waals surface area contributed by atoms with Crippen molar-refractivity contribution in [2.75, 3.05) is 19.9 Å². The summed E-state index contributed by atoms with van der Waals surface area (Å²) in [5.41, 5.74) is 0.534. The second-order valence-corrected chi connectivity index (χ2v) is 4.91. The zero-order valence-electron chi connectivity index (χ0n) is 11.9. The van der Waals surface area contributed by atoms with Crippen LogP contribution in [0.4, 0.5) is 0 Å². The van der Waals surface area contributed by atoms with Crippen molar-refractivity contribution >= 4 is 5.91 Å². The third-order valence-corrected chi connectivity index (χ3v) is 3.28. The van der Waals surface area contributed by atoms with Crippen LogP contribution in [0.2, 0.25) is 0 Å². The van der Waals surface area contributed by atoms with Gasteiger partial charge in [-0.05, 0) is 18.6 Å². The topological polar surface area (TPSA) is 56.6 Å². The van der Waals surface area contributed by atoms with Crippen molar-refractivity contribution in [3.05, 3.63) is 42.2 Å². The van der Waals surface area contributed by atoms with Gasteiger partial charge < -0.3 is 14.4 Å². The average molecular weight is 287 g/mol. The molecule has 0 atom stereocenters. The van der Waals surface area contributed by atoms with Gasteiger partial charge in [-0.15, -0.1) is 0 Å². The quantitative estimate of drug-likeness (QED) is 0.866. The van der Waals surface area contributed by atoms with E-state index in [1.54, 1.807) is 34.1 Å². The van der Waals surface area contributed by atoms with Gasteiger partial charge in [0.05, 0.1) is 24.6 Å². The van der Waals surface area contributed by atoms with Crippen molar-refractivity contribution in [1.82, 2.24) is 14.7 Å². The molecule has 2 heterocycles. The lowest BCUT2D eigenvalue weighted by molar-refractivity contribution is -0.00582. The predicted molar refractivity (Wildman–Crippen MR) is 76.2 cm³/mol. The van der Waals surface area contributed by atoms with Gasteiger partial charge in [-0.25, -0.2) is 0 Å². The molecular formula is C15H17N3O3. The van der Waals surface area contributed by atoms with Gasteiger partial charge in [0.1, 0.15) is 12.5 Å². The molecule has 0 saturated carbocycles. The maximum Gasteiger partial charge on any atom is 0.259 e. The number of rotatable bonds is 3. The first-order valence-corrected chi connectivity index (χ1v) is 6.86. The van der Waals surface area contributed by atoms with Crippen LogP contribution in [0.25, 0.3) is 0 Å². The van der Waals surface area contributed by atoms with E-state index in [2.05, 4.69) is 5.10 Å². The Hall–Kier alpha value is -2.34. The Morgan fingerprint density at radius 2 is 2.24 bits per heavy atom. The van der Waals surface area contributed by atoms with Gasteiger partial charge in [0.25, 0.3) is 5.91 Å². The normalized spacial score (nSPS) is 15.0. The van der Waals surface area contributed by atoms with Crippen LogP contribution in [0.3, 0.4) is 0 Å². The van der Waals surface area contributed by atoms with Crippen LogP contribution in [-0.2, 0) is 11.8 Å². The Balaban J connectivity index is 1.83. The summed E-state index contributed by atoms with van der Waals surface area (Å²) >= 11 is 0. The standard InChI is InChI=1S/C15H17N3O3/c1-17-10-12(9-16-17)21-14-6-3-2-5-13(14)15(19)18-7-4-8-20-11-18/h2-3,5-6,9-10H,4,7-8,11H2,1H3. The van der Waals surface area contributed by atoms with Crippen LogP contribution in [0, 0.1) is 0 Å². The Morgan fingerprint density at radius 1 is 1.38 bits per heavy atom. The van der Waals surface area contributed by atoms with E-state index in [1.165, 1.54) is 0 Å². The van der Waals surface area contributed by atoms with E-state index in [9.17, 15) is 4.79 Å². The molecule has 2 aromatic rings. The molecule has 6 nitrogen and oxygen atoms in total. The molecule has 0 unspecified atom stereocenters. The molecule has 1 aromatic carbocycles. The molecule has 1 aromatic heterocycles. The van der Waals surface area contributed by atoms with Gasteiger partial charge >= 0.3 is 0 Å². The van der Waals surface area contributed by atoms with Crippen LogP contribution in [0.1, 0.15) is 16.8 Å². The fourth-order valence-electron chi connectivity index (χ4n) is 2.24. The number of carbonyl (C=O) groups is 1. The first-order chi connectivity index (χ1) is 10.2. The molecule has 1 amide bonds. The maximum atomic E-state index is 12.6. The van der Waals surface area contributed by atoms with Crippen molar-refractivity contribution < 1.29 is 14.3 Å². The molecule has 0 radical (unpaired) electrons. The fourth-order valence-corrected chi connectivity index (χ4v) is 2.24. The predicted octanol–water partition coefficient (Wildman–Crippen LogP) is 2.03. The largest absolute Gasteiger partial charge is 0.453 e. The van der Waals surface area contributed by atoms with E-state index in [4.69, 9.17) is 9.47 Å². The summed E-state index contributed by atoms with van der Waals surface area (Å²) in [7, 11) is 1.81. The first-order valence-electron chi connectivity index (χ1n) is 6.86. The Morgan fingerprint density at radius 3 is 2.95 bits per heavy atom. The van der Waals surface area contributed by atoms with Crippen LogP contribution in [-0.4, -0.2) is 40.5 Å². The highest BCUT2D eigenvalue weighted by Gasteiger charge is 2.21. The van der Waals surface area contributed by atoms with Crippen molar-refractivity contribution in [3.63, 3.8) is 0 Å². The second kappa shape index (κ2) is 5.97. The first kappa shape index (κ1) is 13.6. The number of ether oxygens (including phenoxy) is 2. The second-order valence-electron chi connectivity index (χ2n) is 4.91. The number of hydrogen-bond acceptors (Lipinski definition) is 4. The lowest BCUT2D eigenvalue weighted by Gasteiger charge is -2.27. The van der Waals surface area contributed by atoms with Crippen LogP contribution in [0.15, 0.2) is 36.7 Å². The van der Waals surface area contributed by atoms with Crippen molar-refractivity contribution in [1.29, 1.82) is 0 Å². The Bertz CT molecular complexity index is 633. The molecule has 0 aliphatic carbocycles. The van der Waals surface area contributed by atoms with Gasteiger partial charge in [-0.3, -0.25) is 9.48 Å². The molecule has 6 heteroatoms. The molecule has 0 N–H and O–H groups in total. The highest BCUT2D eigenvalue weighted by atomic mass is 16.5. The number of amides is 1. The number of para-hydroxylation sites is 1. The molecule has 1 fully saturated rings. The van der Waals surface area contributed by atoms with E-state index in [-0.39, 0.29) is 5.91 Å². The fraction of sp³-hybridized carbons (Fsp3) is 0.333. The summed E-state index contributed by atoms with van der Waals surface area (Å²) in [6.07, 6.45) is 4.23. The molecular weight excluding hydrogens is 270 g/mol. The van der Waals surface area contributed by atoms with Gasteiger partial charge in [-0.2, -0.15) is 5.10 Å². The third kappa shape index (κ3) is 3.05. The molecule has 3 rings (SSSR count). The lowest BCUT2D eigenvalue weighted by Crippen LogP contribution is -2.38. The molecule has 0 spiro atoms. The van der Waals surface area contributed by atoms with Crippen LogP contribution < -0.4 is 4.74 Å². The van der Waals surface area contributed by atoms with E-state index in [0.717, 1.165) is 6.42 Å². The van der Waals surface area contributed by atoms with Crippen molar-refractivity contribution in [2.24, 2.45) is 7.05 Å². The third-order valence-electron chi connectivity index (χ3n) is 3.28. The number of hydrogen-bond donors (Lipinski definition) is 0. The van der Waals surface area contributed by atoms with E-state index >= 15 is 0 Å². The molecule has 110 valence electrons. The average Bonchev–Trinajstić information content (AvgIpc) is 2.93. The summed E-state index contributed by atoms with van der Waals surface area (Å²) in [5, 5.41) is 4.05. The summed E-state index contributed by atoms with van der Waals surface area (Å²) in [6, 6.07) is 7.22. The van der Waals surface area contributed by atoms with Crippen LogP contribution >= 0.6 is 0 Å². The smallest absolute Gasteiger partial charge is 0.259 e. The zero-order chi connectivity index (χ0) is 14.7. The number of carbonyl (C=O) groups excluding carboxylic acids is 1. The van der Waals surface area contributed by atoms with Crippen molar-refractivity contribution in [3.8, 4) is 11.5 Å². The number of nitrogens with zero attached hydrogens (tertiary/aromatic N) is 3. The van der Waals surface area contributed by atoms with Gasteiger partial charge in [0, 0.05) is 13.6 Å². The van der Waals surface area contributed by atoms with Gasteiger partial charge in [0.2, 0.25) is 0 Å². The molecule has 1 aliphatic heterocycles. The summed E-state index contributed by atoms with van der Waals surface area (Å²) in [6.45, 7) is 1.75. The Labute approximate surface area is 122 Å². The zero-order valence-corrected chi connectivity index (χ0v) is 11.9. The molecule has 1 saturated heterocycles. The maximum absolute atomic E-state index is 12.6. The summed E-state index contributed by atoms with van der Waals surface area (Å²) in [4.78, 5) is 14.3. The number of aromatic nitrogens is 2. The van der Waals surface area contributed by atoms with E-state index in [1.807, 2.05) is 19.2 Å². The Kier molecular flexibility index (Phi) is 3.87. The molecule has 0 bridgehead atoms. The number of aryl methyl sites for hydroxylation is 1. The monoisotopic (exact) mass is 287 g/mol. The SMILES string of the molecule is Cn1cc(Oc2ccccc2C(=O)N2CCCOC2)cn1. The van der Waals surface area contributed by atoms with E-state index in [0.29, 0.717) is 36.9 Å². The lowest BCUT2D eigenvalue weighted by atomic mass is 10.1. The summed E-state index contributed by atoms with van der Waals surface area (Å²) < 4.78 is 12.8. The minimum absolute atomic E-state index is 0.0748. The molecule has 1 aliphatic rings. The number of benzene rings is 1. The summed E-state index contributed by atoms with van der Waals surface area (Å²) in [5.74, 6) is 1.06. The van der Waals surface area contributed by atoms with Crippen molar-refractivity contribution in [2.45, 2.75) is 6.42 Å². The molecule has 21 heavy (non-hydrogen) atoms. The van der Waals surface area contributed by atoms with Gasteiger partial charge in [-0.1, -0.05) is 12.1 Å². The van der Waals surface area contributed by atoms with Crippen LogP contribution in [0.5, 0.6) is 11.5 Å². The highest BCUT2D eigenvalue weighted by molar-refractivity contribution is 5.97. The minimum atomic E-state index is -0.0748. The van der Waals surface area contributed by atoms with E-state index < -0.39 is 0 Å². The highest BCUT2D eigenvalue weighted by Crippen LogP contribution is 2.26. The van der Waals surface area contributed by atoms with Gasteiger partial charge in [0.15, 0.2) is 5.75 Å².